The number of fused-ring (bicyclic) bond motifs is 5. The Bertz CT molecular complexity index is 441. The van der Waals surface area contributed by atoms with E-state index >= 15 is 0 Å². The molecule has 0 aromatic carbocycles. The molecule has 3 heteroatoms. The zero-order valence-corrected chi connectivity index (χ0v) is 12.5. The summed E-state index contributed by atoms with van der Waals surface area (Å²) in [6, 6.07) is 3.43. The van der Waals surface area contributed by atoms with Crippen molar-refractivity contribution in [3.63, 3.8) is 0 Å². The van der Waals surface area contributed by atoms with Crippen molar-refractivity contribution in [1.29, 1.82) is 0 Å². The number of hydrogen-bond acceptors (Lipinski definition) is 2. The number of aromatic nitrogens is 2. The normalized spacial score (nSPS) is 40.1. The lowest BCUT2D eigenvalue weighted by Gasteiger charge is -2.34. The minimum atomic E-state index is 0.614. The predicted molar refractivity (Wildman–Crippen MR) is 80.3 cm³/mol. The molecule has 3 aliphatic rings. The van der Waals surface area contributed by atoms with Crippen LogP contribution in [0.2, 0.25) is 0 Å². The highest BCUT2D eigenvalue weighted by Gasteiger charge is 2.53. The van der Waals surface area contributed by atoms with Crippen molar-refractivity contribution in [2.75, 3.05) is 0 Å². The fourth-order valence-corrected chi connectivity index (χ4v) is 5.47. The maximum atomic E-state index is 4.29. The number of nitrogens with zero attached hydrogens (tertiary/aromatic N) is 2. The molecule has 1 aromatic heterocycles. The molecule has 2 bridgehead atoms. The minimum Gasteiger partial charge on any atom is -0.311 e. The second-order valence-electron chi connectivity index (χ2n) is 7.39. The number of rotatable bonds is 5. The van der Waals surface area contributed by atoms with Gasteiger partial charge in [0.25, 0.3) is 0 Å². The van der Waals surface area contributed by atoms with E-state index < -0.39 is 0 Å². The Morgan fingerprint density at radius 1 is 1.25 bits per heavy atom. The zero-order valence-electron chi connectivity index (χ0n) is 12.5. The van der Waals surface area contributed by atoms with Crippen LogP contribution in [0, 0.1) is 23.7 Å². The molecule has 0 amide bonds. The maximum Gasteiger partial charge on any atom is 0.0489 e. The lowest BCUT2D eigenvalue weighted by molar-refractivity contribution is 0.197. The van der Waals surface area contributed by atoms with Crippen LogP contribution in [0.3, 0.4) is 0 Å². The average molecular weight is 273 g/mol. The van der Waals surface area contributed by atoms with E-state index in [0.29, 0.717) is 6.04 Å². The van der Waals surface area contributed by atoms with E-state index in [9.17, 15) is 0 Å². The lowest BCUT2D eigenvalue weighted by atomic mass is 9.79. The molecule has 0 spiro atoms. The van der Waals surface area contributed by atoms with Crippen LogP contribution < -0.4 is 5.32 Å². The Labute approximate surface area is 122 Å². The smallest absolute Gasteiger partial charge is 0.0489 e. The molecular formula is C17H27N3. The van der Waals surface area contributed by atoms with Gasteiger partial charge in [-0.25, -0.2) is 0 Å². The van der Waals surface area contributed by atoms with Crippen LogP contribution in [0.25, 0.3) is 0 Å². The molecular weight excluding hydrogens is 246 g/mol. The summed E-state index contributed by atoms with van der Waals surface area (Å²) in [6.45, 7) is 3.38. The van der Waals surface area contributed by atoms with E-state index in [4.69, 9.17) is 0 Å². The van der Waals surface area contributed by atoms with E-state index in [0.717, 1.165) is 36.3 Å². The average Bonchev–Trinajstić information content (AvgIpc) is 3.18. The predicted octanol–water partition coefficient (Wildman–Crippen LogP) is 3.08. The molecule has 3 nitrogen and oxygen atoms in total. The zero-order chi connectivity index (χ0) is 13.5. The van der Waals surface area contributed by atoms with Crippen molar-refractivity contribution in [3.8, 4) is 0 Å². The lowest BCUT2D eigenvalue weighted by Crippen LogP contribution is -2.43. The van der Waals surface area contributed by atoms with E-state index in [1.54, 1.807) is 0 Å². The van der Waals surface area contributed by atoms with Gasteiger partial charge in [-0.05, 0) is 68.8 Å². The van der Waals surface area contributed by atoms with Gasteiger partial charge in [0.05, 0.1) is 0 Å². The molecule has 6 atom stereocenters. The summed E-state index contributed by atoms with van der Waals surface area (Å²) in [7, 11) is 0. The molecule has 3 saturated carbocycles. The van der Waals surface area contributed by atoms with Crippen LogP contribution in [0.1, 0.15) is 45.4 Å². The molecule has 20 heavy (non-hydrogen) atoms. The molecule has 0 saturated heterocycles. The third-order valence-electron chi connectivity index (χ3n) is 6.28. The fraction of sp³-hybridized carbons (Fsp3) is 0.824. The summed E-state index contributed by atoms with van der Waals surface area (Å²) in [5.41, 5.74) is 0. The van der Waals surface area contributed by atoms with Crippen molar-refractivity contribution in [3.05, 3.63) is 18.5 Å². The van der Waals surface area contributed by atoms with Gasteiger partial charge in [-0.1, -0.05) is 6.42 Å². The van der Waals surface area contributed by atoms with Gasteiger partial charge in [0.2, 0.25) is 0 Å². The van der Waals surface area contributed by atoms with Gasteiger partial charge in [-0.15, -0.1) is 0 Å². The summed E-state index contributed by atoms with van der Waals surface area (Å²) in [5.74, 6) is 4.24. The minimum absolute atomic E-state index is 0.614. The largest absolute Gasteiger partial charge is 0.311 e. The standard InChI is InChI=1S/C17H27N3/c1-12(6-9-20-8-3-7-18-20)19-17-11-13-10-16(17)15-5-2-4-14(13)15/h3,7-8,12-17,19H,2,4-6,9-11H2,1H3/t12?,13-,14+,15+,16-,17+/m0/s1. The molecule has 1 heterocycles. The van der Waals surface area contributed by atoms with Crippen LogP contribution in [-0.2, 0) is 6.54 Å². The molecule has 110 valence electrons. The monoisotopic (exact) mass is 273 g/mol. The Morgan fingerprint density at radius 3 is 3.00 bits per heavy atom. The summed E-state index contributed by atoms with van der Waals surface area (Å²) in [4.78, 5) is 0. The Kier molecular flexibility index (Phi) is 3.33. The van der Waals surface area contributed by atoms with E-state index in [1.807, 2.05) is 16.9 Å². The van der Waals surface area contributed by atoms with Gasteiger partial charge in [0.1, 0.15) is 0 Å². The van der Waals surface area contributed by atoms with E-state index in [2.05, 4.69) is 23.5 Å². The van der Waals surface area contributed by atoms with Crippen molar-refractivity contribution < 1.29 is 0 Å². The fourth-order valence-electron chi connectivity index (χ4n) is 5.47. The van der Waals surface area contributed by atoms with Crippen LogP contribution in [0.15, 0.2) is 18.5 Å². The molecule has 4 rings (SSSR count). The van der Waals surface area contributed by atoms with Gasteiger partial charge in [0.15, 0.2) is 0 Å². The van der Waals surface area contributed by atoms with Crippen LogP contribution >= 0.6 is 0 Å². The molecule has 3 aliphatic carbocycles. The highest BCUT2D eigenvalue weighted by Crippen LogP contribution is 2.58. The number of hydrogen-bond donors (Lipinski definition) is 1. The first-order chi connectivity index (χ1) is 9.81. The third-order valence-corrected chi connectivity index (χ3v) is 6.28. The second kappa shape index (κ2) is 5.18. The van der Waals surface area contributed by atoms with Gasteiger partial charge >= 0.3 is 0 Å². The number of nitrogens with one attached hydrogen (secondary N) is 1. The summed E-state index contributed by atoms with van der Waals surface area (Å²) in [5, 5.41) is 8.23. The van der Waals surface area contributed by atoms with Crippen molar-refractivity contribution >= 4 is 0 Å². The Balaban J connectivity index is 1.29. The Hall–Kier alpha value is -0.830. The van der Waals surface area contributed by atoms with E-state index in [-0.39, 0.29) is 0 Å². The Morgan fingerprint density at radius 2 is 2.15 bits per heavy atom. The second-order valence-corrected chi connectivity index (χ2v) is 7.39. The highest BCUT2D eigenvalue weighted by molar-refractivity contribution is 5.05. The van der Waals surface area contributed by atoms with Crippen molar-refractivity contribution in [2.45, 2.75) is 64.1 Å². The first-order valence-corrected chi connectivity index (χ1v) is 8.55. The summed E-state index contributed by atoms with van der Waals surface area (Å²) < 4.78 is 2.05. The van der Waals surface area contributed by atoms with Crippen LogP contribution in [-0.4, -0.2) is 21.9 Å². The SMILES string of the molecule is CC(CCn1cccn1)N[C@@H]1C[C@@H]2C[C@H]1[C@@H]1CCC[C@H]21. The molecule has 1 unspecified atom stereocenters. The highest BCUT2D eigenvalue weighted by atomic mass is 15.3. The van der Waals surface area contributed by atoms with Gasteiger partial charge < -0.3 is 5.32 Å². The molecule has 3 fully saturated rings. The summed E-state index contributed by atoms with van der Waals surface area (Å²) >= 11 is 0. The van der Waals surface area contributed by atoms with Gasteiger partial charge in [-0.2, -0.15) is 5.10 Å². The topological polar surface area (TPSA) is 29.9 Å². The molecule has 1 N–H and O–H groups in total. The van der Waals surface area contributed by atoms with Crippen molar-refractivity contribution in [2.24, 2.45) is 23.7 Å². The van der Waals surface area contributed by atoms with Crippen molar-refractivity contribution in [1.82, 2.24) is 15.1 Å². The van der Waals surface area contributed by atoms with Gasteiger partial charge in [-0.3, -0.25) is 4.68 Å². The van der Waals surface area contributed by atoms with Crippen LogP contribution in [0.5, 0.6) is 0 Å². The molecule has 0 aliphatic heterocycles. The molecule has 0 radical (unpaired) electrons. The third kappa shape index (κ3) is 2.20. The van der Waals surface area contributed by atoms with E-state index in [1.165, 1.54) is 38.5 Å². The first kappa shape index (κ1) is 12.9. The van der Waals surface area contributed by atoms with Crippen LogP contribution in [0.4, 0.5) is 0 Å². The number of aryl methyl sites for hydroxylation is 1. The van der Waals surface area contributed by atoms with Gasteiger partial charge in [0, 0.05) is 31.0 Å². The first-order valence-electron chi connectivity index (χ1n) is 8.55. The summed E-state index contributed by atoms with van der Waals surface area (Å²) in [6.07, 6.45) is 12.7. The quantitative estimate of drug-likeness (QED) is 0.893. The maximum absolute atomic E-state index is 4.29. The molecule has 1 aromatic rings.